The summed E-state index contributed by atoms with van der Waals surface area (Å²) in [5.74, 6) is -1.01. The van der Waals surface area contributed by atoms with Crippen LogP contribution < -0.4 is 0 Å². The number of carbonyl (C=O) groups is 2. The van der Waals surface area contributed by atoms with Crippen molar-refractivity contribution < 1.29 is 28.9 Å². The Morgan fingerprint density at radius 1 is 1.07 bits per heavy atom. The van der Waals surface area contributed by atoms with E-state index in [9.17, 15) is 14.7 Å². The molecular weight excluding hydrogens is 578 g/mol. The zero-order valence-corrected chi connectivity index (χ0v) is 23.9. The summed E-state index contributed by atoms with van der Waals surface area (Å²) in [5, 5.41) is 13.8. The van der Waals surface area contributed by atoms with Crippen molar-refractivity contribution >= 4 is 28.0 Å². The van der Waals surface area contributed by atoms with Gasteiger partial charge in [0, 0.05) is 38.9 Å². The minimum absolute atomic E-state index is 0.0133. The van der Waals surface area contributed by atoms with Gasteiger partial charge in [-0.1, -0.05) is 48.5 Å². The van der Waals surface area contributed by atoms with Gasteiger partial charge >= 0.3 is 12.1 Å². The van der Waals surface area contributed by atoms with Crippen molar-refractivity contribution in [1.29, 1.82) is 0 Å². The number of halogens is 1. The monoisotopic (exact) mass is 609 g/mol. The second-order valence-electron chi connectivity index (χ2n) is 10.9. The topological polar surface area (TPSA) is 103 Å². The molecule has 1 atom stereocenters. The summed E-state index contributed by atoms with van der Waals surface area (Å²) >= 11 is 3.43. The maximum atomic E-state index is 13.2. The van der Waals surface area contributed by atoms with Crippen LogP contribution >= 0.6 is 15.9 Å². The normalized spacial score (nSPS) is 21.7. The van der Waals surface area contributed by atoms with Crippen LogP contribution in [0.3, 0.4) is 0 Å². The van der Waals surface area contributed by atoms with Gasteiger partial charge < -0.3 is 24.2 Å². The Hall–Kier alpha value is -3.21. The van der Waals surface area contributed by atoms with Crippen LogP contribution in [0.25, 0.3) is 11.1 Å². The molecule has 2 saturated heterocycles. The summed E-state index contributed by atoms with van der Waals surface area (Å²) < 4.78 is 20.7. The third-order valence-electron chi connectivity index (χ3n) is 8.58. The summed E-state index contributed by atoms with van der Waals surface area (Å²) in [4.78, 5) is 26.4. The highest BCUT2D eigenvalue weighted by atomic mass is 79.9. The summed E-state index contributed by atoms with van der Waals surface area (Å²) in [6.45, 7) is 1.27. The van der Waals surface area contributed by atoms with Crippen LogP contribution in [-0.2, 0) is 31.7 Å². The fourth-order valence-electron chi connectivity index (χ4n) is 6.67. The molecule has 0 saturated carbocycles. The lowest BCUT2D eigenvalue weighted by molar-refractivity contribution is -0.206. The van der Waals surface area contributed by atoms with E-state index in [4.69, 9.17) is 14.2 Å². The molecule has 40 heavy (non-hydrogen) atoms. The molecule has 0 bridgehead atoms. The van der Waals surface area contributed by atoms with Gasteiger partial charge in [-0.2, -0.15) is 5.10 Å². The molecule has 2 aliphatic heterocycles. The Balaban J connectivity index is 1.12. The van der Waals surface area contributed by atoms with Gasteiger partial charge in [0.15, 0.2) is 0 Å². The summed E-state index contributed by atoms with van der Waals surface area (Å²) in [6, 6.07) is 18.5. The first-order valence-electron chi connectivity index (χ1n) is 13.6. The molecule has 2 fully saturated rings. The van der Waals surface area contributed by atoms with Crippen molar-refractivity contribution in [2.75, 3.05) is 32.9 Å². The van der Waals surface area contributed by atoms with Gasteiger partial charge in [0.1, 0.15) is 23.4 Å². The highest BCUT2D eigenvalue weighted by Gasteiger charge is 2.51. The van der Waals surface area contributed by atoms with E-state index < -0.39 is 23.8 Å². The van der Waals surface area contributed by atoms with Gasteiger partial charge in [0.25, 0.3) is 0 Å². The molecule has 3 aromatic rings. The molecule has 0 radical (unpaired) electrons. The number of piperidine rings is 1. The number of carbonyl (C=O) groups excluding carboxylic acids is 1. The maximum Gasteiger partial charge on any atom is 0.409 e. The molecule has 1 aromatic heterocycles. The highest BCUT2D eigenvalue weighted by Crippen LogP contribution is 2.48. The molecule has 10 heteroatoms. The van der Waals surface area contributed by atoms with Crippen molar-refractivity contribution in [3.05, 3.63) is 76.0 Å². The molecule has 1 spiro atoms. The van der Waals surface area contributed by atoms with Crippen LogP contribution in [0.5, 0.6) is 0 Å². The standard InChI is InChI=1S/C30H32BrN3O6/c1-33-25(16-26(31)32-33)30(40-18-27(35)36)12-15-39-29(19-30)10-13-34(14-11-29)28(37)38-17-24-22-8-4-2-6-20(22)21-7-3-5-9-23(21)24/h2-9,16,24H,10-15,17-19H2,1H3,(H,35,36). The molecule has 1 N–H and O–H groups in total. The number of aryl methyl sites for hydroxylation is 1. The quantitative estimate of drug-likeness (QED) is 0.416. The van der Waals surface area contributed by atoms with Gasteiger partial charge in [-0.25, -0.2) is 9.59 Å². The van der Waals surface area contributed by atoms with E-state index in [-0.39, 0.29) is 18.6 Å². The zero-order chi connectivity index (χ0) is 27.9. The predicted molar refractivity (Wildman–Crippen MR) is 150 cm³/mol. The number of aromatic nitrogens is 2. The fraction of sp³-hybridized carbons (Fsp3) is 0.433. The van der Waals surface area contributed by atoms with Crippen molar-refractivity contribution in [1.82, 2.24) is 14.7 Å². The number of nitrogens with zero attached hydrogens (tertiary/aromatic N) is 3. The number of aliphatic carboxylic acids is 1. The van der Waals surface area contributed by atoms with E-state index in [2.05, 4.69) is 45.3 Å². The molecule has 1 unspecified atom stereocenters. The highest BCUT2D eigenvalue weighted by molar-refractivity contribution is 9.10. The van der Waals surface area contributed by atoms with Crippen molar-refractivity contribution in [3.63, 3.8) is 0 Å². The van der Waals surface area contributed by atoms with Gasteiger partial charge in [-0.3, -0.25) is 4.68 Å². The lowest BCUT2D eigenvalue weighted by Crippen LogP contribution is -2.55. The molecule has 6 rings (SSSR count). The number of benzene rings is 2. The lowest BCUT2D eigenvalue weighted by Gasteiger charge is -2.50. The third kappa shape index (κ3) is 4.93. The summed E-state index contributed by atoms with van der Waals surface area (Å²) in [7, 11) is 1.83. The van der Waals surface area contributed by atoms with Gasteiger partial charge in [-0.05, 0) is 57.1 Å². The molecular formula is C30H32BrN3O6. The van der Waals surface area contributed by atoms with Crippen LogP contribution in [0.4, 0.5) is 4.79 Å². The number of carboxylic acid groups (broad SMARTS) is 1. The lowest BCUT2D eigenvalue weighted by atomic mass is 9.75. The second kappa shape index (κ2) is 10.6. The Labute approximate surface area is 241 Å². The van der Waals surface area contributed by atoms with Crippen LogP contribution in [0, 0.1) is 0 Å². The number of fused-ring (bicyclic) bond motifs is 3. The Morgan fingerprint density at radius 3 is 2.33 bits per heavy atom. The van der Waals surface area contributed by atoms with Crippen LogP contribution in [0.1, 0.15) is 48.4 Å². The maximum absolute atomic E-state index is 13.2. The molecule has 210 valence electrons. The Morgan fingerprint density at radius 2 is 1.73 bits per heavy atom. The van der Waals surface area contributed by atoms with Gasteiger partial charge in [0.2, 0.25) is 0 Å². The van der Waals surface area contributed by atoms with Crippen molar-refractivity contribution in [2.45, 2.75) is 42.8 Å². The zero-order valence-electron chi connectivity index (χ0n) is 22.3. The van der Waals surface area contributed by atoms with Crippen LogP contribution in [-0.4, -0.2) is 70.4 Å². The molecule has 3 aliphatic rings. The van der Waals surface area contributed by atoms with E-state index in [0.29, 0.717) is 50.0 Å². The predicted octanol–water partition coefficient (Wildman–Crippen LogP) is 5.07. The average molecular weight is 611 g/mol. The number of amides is 1. The van der Waals surface area contributed by atoms with Crippen molar-refractivity contribution in [3.8, 4) is 11.1 Å². The molecule has 1 aliphatic carbocycles. The number of carboxylic acids is 1. The number of likely N-dealkylation sites (tertiary alicyclic amines) is 1. The van der Waals surface area contributed by atoms with E-state index in [1.54, 1.807) is 9.58 Å². The molecule has 3 heterocycles. The molecule has 1 amide bonds. The average Bonchev–Trinajstić information content (AvgIpc) is 3.47. The van der Waals surface area contributed by atoms with Crippen LogP contribution in [0.15, 0.2) is 59.2 Å². The summed E-state index contributed by atoms with van der Waals surface area (Å²) in [5.41, 5.74) is 4.19. The van der Waals surface area contributed by atoms with Crippen molar-refractivity contribution in [2.24, 2.45) is 7.05 Å². The van der Waals surface area contributed by atoms with E-state index in [1.165, 1.54) is 22.3 Å². The number of hydrogen-bond donors (Lipinski definition) is 1. The van der Waals surface area contributed by atoms with Gasteiger partial charge in [-0.15, -0.1) is 0 Å². The molecule has 9 nitrogen and oxygen atoms in total. The molecule has 2 aromatic carbocycles. The SMILES string of the molecule is Cn1nc(Br)cc1C1(OCC(=O)O)CCOC2(CCN(C(=O)OCC3c4ccccc4-c4ccccc43)CC2)C1. The Bertz CT molecular complexity index is 1390. The number of hydrogen-bond acceptors (Lipinski definition) is 6. The van der Waals surface area contributed by atoms with E-state index in [1.807, 2.05) is 37.4 Å². The minimum atomic E-state index is -1.02. The first-order chi connectivity index (χ1) is 19.3. The van der Waals surface area contributed by atoms with E-state index >= 15 is 0 Å². The van der Waals surface area contributed by atoms with Gasteiger partial charge in [0.05, 0.1) is 17.9 Å². The number of ether oxygens (including phenoxy) is 3. The van der Waals surface area contributed by atoms with Crippen LogP contribution in [0.2, 0.25) is 0 Å². The second-order valence-corrected chi connectivity index (χ2v) is 11.7. The smallest absolute Gasteiger partial charge is 0.409 e. The third-order valence-corrected chi connectivity index (χ3v) is 8.97. The first-order valence-corrected chi connectivity index (χ1v) is 14.4. The first kappa shape index (κ1) is 27.0. The van der Waals surface area contributed by atoms with E-state index in [0.717, 1.165) is 5.69 Å². The fourth-order valence-corrected chi connectivity index (χ4v) is 7.12. The summed E-state index contributed by atoms with van der Waals surface area (Å²) in [6.07, 6.45) is 1.89. The Kier molecular flexibility index (Phi) is 7.18. The minimum Gasteiger partial charge on any atom is -0.480 e. The number of rotatable bonds is 6. The largest absolute Gasteiger partial charge is 0.480 e.